The van der Waals surface area contributed by atoms with Crippen LogP contribution in [0.1, 0.15) is 12.8 Å². The van der Waals surface area contributed by atoms with Gasteiger partial charge in [-0.1, -0.05) is 41.4 Å². The van der Waals surface area contributed by atoms with Gasteiger partial charge in [-0.3, -0.25) is 0 Å². The fourth-order valence-corrected chi connectivity index (χ4v) is 6.96. The number of rotatable bonds is 4. The van der Waals surface area contributed by atoms with E-state index in [2.05, 4.69) is 0 Å². The van der Waals surface area contributed by atoms with Gasteiger partial charge in [-0.05, 0) is 43.2 Å². The van der Waals surface area contributed by atoms with E-state index in [4.69, 9.17) is 23.2 Å². The first-order valence-corrected chi connectivity index (χ1v) is 11.7. The van der Waals surface area contributed by atoms with E-state index in [1.54, 1.807) is 30.3 Å². The fourth-order valence-electron chi connectivity index (χ4n) is 3.00. The molecule has 1 aliphatic rings. The minimum absolute atomic E-state index is 0.0592. The molecule has 0 N–H and O–H groups in total. The average molecular weight is 434 g/mol. The van der Waals surface area contributed by atoms with Gasteiger partial charge in [0, 0.05) is 18.1 Å². The third kappa shape index (κ3) is 3.77. The van der Waals surface area contributed by atoms with Crippen molar-refractivity contribution < 1.29 is 16.8 Å². The van der Waals surface area contributed by atoms with E-state index in [-0.39, 0.29) is 45.8 Å². The third-order valence-corrected chi connectivity index (χ3v) is 9.32. The minimum Gasteiger partial charge on any atom is -0.223 e. The Hall–Kier alpha value is -1.12. The van der Waals surface area contributed by atoms with Crippen LogP contribution in [0.15, 0.2) is 58.3 Å². The van der Waals surface area contributed by atoms with E-state index < -0.39 is 25.1 Å². The zero-order chi connectivity index (χ0) is 18.9. The summed E-state index contributed by atoms with van der Waals surface area (Å²) in [6.07, 6.45) is 0.462. The van der Waals surface area contributed by atoms with Crippen LogP contribution in [0, 0.1) is 0 Å². The molecule has 0 aromatic heterocycles. The predicted molar refractivity (Wildman–Crippen MR) is 102 cm³/mol. The Balaban J connectivity index is 1.79. The number of halogens is 2. The Bertz CT molecular complexity index is 1000. The molecule has 140 valence electrons. The SMILES string of the molecule is O=S(=O)(c1ccccc1)C1CCN(S(=O)(=O)c2cc(Cl)ccc2Cl)CC1. The summed E-state index contributed by atoms with van der Waals surface area (Å²) >= 11 is 11.9. The normalized spacial score (nSPS) is 17.3. The van der Waals surface area contributed by atoms with E-state index in [0.29, 0.717) is 0 Å². The Labute approximate surface area is 163 Å². The van der Waals surface area contributed by atoms with Crippen LogP contribution in [0.3, 0.4) is 0 Å². The Morgan fingerprint density at radius 3 is 2.12 bits per heavy atom. The molecule has 26 heavy (non-hydrogen) atoms. The molecule has 0 saturated carbocycles. The summed E-state index contributed by atoms with van der Waals surface area (Å²) in [6.45, 7) is 0.226. The highest BCUT2D eigenvalue weighted by Crippen LogP contribution is 2.31. The molecule has 1 aliphatic heterocycles. The van der Waals surface area contributed by atoms with Crippen molar-refractivity contribution in [3.8, 4) is 0 Å². The maximum absolute atomic E-state index is 12.8. The van der Waals surface area contributed by atoms with Crippen molar-refractivity contribution in [2.45, 2.75) is 27.9 Å². The highest BCUT2D eigenvalue weighted by atomic mass is 35.5. The number of sulfone groups is 1. The smallest absolute Gasteiger partial charge is 0.223 e. The Morgan fingerprint density at radius 2 is 1.50 bits per heavy atom. The first-order valence-electron chi connectivity index (χ1n) is 7.97. The van der Waals surface area contributed by atoms with Crippen LogP contribution in [0.2, 0.25) is 10.0 Å². The van der Waals surface area contributed by atoms with E-state index in [1.807, 2.05) is 0 Å². The first-order chi connectivity index (χ1) is 12.2. The second-order valence-corrected chi connectivity index (χ2v) is 11.0. The quantitative estimate of drug-likeness (QED) is 0.737. The van der Waals surface area contributed by atoms with E-state index >= 15 is 0 Å². The van der Waals surface area contributed by atoms with Crippen LogP contribution in [-0.2, 0) is 19.9 Å². The number of hydrogen-bond acceptors (Lipinski definition) is 4. The first kappa shape index (κ1) is 19.6. The highest BCUT2D eigenvalue weighted by Gasteiger charge is 2.36. The topological polar surface area (TPSA) is 71.5 Å². The van der Waals surface area contributed by atoms with Gasteiger partial charge in [0.1, 0.15) is 4.90 Å². The van der Waals surface area contributed by atoms with Gasteiger partial charge in [0.15, 0.2) is 9.84 Å². The molecule has 9 heteroatoms. The summed E-state index contributed by atoms with van der Waals surface area (Å²) in [4.78, 5) is 0.204. The molecule has 0 unspecified atom stereocenters. The van der Waals surface area contributed by atoms with Crippen LogP contribution in [0.5, 0.6) is 0 Å². The van der Waals surface area contributed by atoms with Crippen molar-refractivity contribution in [1.29, 1.82) is 0 Å². The van der Waals surface area contributed by atoms with E-state index in [1.165, 1.54) is 22.5 Å². The molecule has 0 amide bonds. The van der Waals surface area contributed by atoms with Crippen LogP contribution < -0.4 is 0 Å². The van der Waals surface area contributed by atoms with Crippen molar-refractivity contribution in [2.75, 3.05) is 13.1 Å². The summed E-state index contributed by atoms with van der Waals surface area (Å²) < 4.78 is 52.3. The lowest BCUT2D eigenvalue weighted by Crippen LogP contribution is -2.42. The van der Waals surface area contributed by atoms with Crippen molar-refractivity contribution in [3.63, 3.8) is 0 Å². The molecule has 0 atom stereocenters. The largest absolute Gasteiger partial charge is 0.244 e. The molecule has 1 saturated heterocycles. The van der Waals surface area contributed by atoms with Gasteiger partial charge in [0.2, 0.25) is 10.0 Å². The molecule has 1 fully saturated rings. The van der Waals surface area contributed by atoms with Crippen LogP contribution in [-0.4, -0.2) is 39.5 Å². The zero-order valence-corrected chi connectivity index (χ0v) is 16.8. The third-order valence-electron chi connectivity index (χ3n) is 4.42. The molecular weight excluding hydrogens is 417 g/mol. The second-order valence-electron chi connectivity index (χ2n) is 6.04. The molecular formula is C17H17Cl2NO4S2. The van der Waals surface area contributed by atoms with Gasteiger partial charge in [-0.15, -0.1) is 0 Å². The molecule has 5 nitrogen and oxygen atoms in total. The maximum atomic E-state index is 12.8. The standard InChI is InChI=1S/C17H17Cl2NO4S2/c18-13-6-7-16(19)17(12-13)26(23,24)20-10-8-15(9-11-20)25(21,22)14-4-2-1-3-5-14/h1-7,12,15H,8-11H2. The van der Waals surface area contributed by atoms with Gasteiger partial charge in [-0.2, -0.15) is 4.31 Å². The van der Waals surface area contributed by atoms with Gasteiger partial charge in [-0.25, -0.2) is 16.8 Å². The van der Waals surface area contributed by atoms with Crippen molar-refractivity contribution in [1.82, 2.24) is 4.31 Å². The molecule has 0 aliphatic carbocycles. The predicted octanol–water partition coefficient (Wildman–Crippen LogP) is 3.62. The number of benzene rings is 2. The lowest BCUT2D eigenvalue weighted by Gasteiger charge is -2.31. The second kappa shape index (κ2) is 7.48. The molecule has 0 spiro atoms. The summed E-state index contributed by atoms with van der Waals surface area (Å²) in [5.74, 6) is 0. The summed E-state index contributed by atoms with van der Waals surface area (Å²) in [7, 11) is -7.31. The minimum atomic E-state index is -3.83. The average Bonchev–Trinajstić information content (AvgIpc) is 2.64. The molecule has 3 rings (SSSR count). The number of piperidine rings is 1. The van der Waals surface area contributed by atoms with Crippen LogP contribution >= 0.6 is 23.2 Å². The summed E-state index contributed by atoms with van der Waals surface area (Å²) in [5, 5.41) is -0.242. The lowest BCUT2D eigenvalue weighted by molar-refractivity contribution is 0.345. The number of nitrogens with zero attached hydrogens (tertiary/aromatic N) is 1. The van der Waals surface area contributed by atoms with Crippen molar-refractivity contribution >= 4 is 43.1 Å². The summed E-state index contributed by atoms with van der Waals surface area (Å²) in [5.41, 5.74) is 0. The fraction of sp³-hybridized carbons (Fsp3) is 0.294. The monoisotopic (exact) mass is 433 g/mol. The van der Waals surface area contributed by atoms with E-state index in [9.17, 15) is 16.8 Å². The number of hydrogen-bond donors (Lipinski definition) is 0. The van der Waals surface area contributed by atoms with Gasteiger partial charge >= 0.3 is 0 Å². The lowest BCUT2D eigenvalue weighted by atomic mass is 10.2. The molecule has 2 aromatic rings. The Kier molecular flexibility index (Phi) is 5.65. The van der Waals surface area contributed by atoms with Gasteiger partial charge < -0.3 is 0 Å². The Morgan fingerprint density at radius 1 is 0.885 bits per heavy atom. The van der Waals surface area contributed by atoms with Crippen molar-refractivity contribution in [3.05, 3.63) is 58.6 Å². The van der Waals surface area contributed by atoms with Gasteiger partial charge in [0.05, 0.1) is 15.2 Å². The molecule has 0 bridgehead atoms. The maximum Gasteiger partial charge on any atom is 0.244 e. The molecule has 1 heterocycles. The number of sulfonamides is 1. The highest BCUT2D eigenvalue weighted by molar-refractivity contribution is 7.92. The van der Waals surface area contributed by atoms with Crippen molar-refractivity contribution in [2.24, 2.45) is 0 Å². The molecule has 0 radical (unpaired) electrons. The summed E-state index contributed by atoms with van der Waals surface area (Å²) in [6, 6.07) is 12.5. The van der Waals surface area contributed by atoms with Crippen LogP contribution in [0.4, 0.5) is 0 Å². The van der Waals surface area contributed by atoms with Gasteiger partial charge in [0.25, 0.3) is 0 Å². The van der Waals surface area contributed by atoms with Crippen LogP contribution in [0.25, 0.3) is 0 Å². The zero-order valence-electron chi connectivity index (χ0n) is 13.7. The van der Waals surface area contributed by atoms with E-state index in [0.717, 1.165) is 0 Å². The molecule has 2 aromatic carbocycles.